The lowest BCUT2D eigenvalue weighted by Gasteiger charge is -2.15. The van der Waals surface area contributed by atoms with Crippen molar-refractivity contribution in [3.63, 3.8) is 0 Å². The van der Waals surface area contributed by atoms with Crippen LogP contribution < -0.4 is 5.73 Å². The molecule has 2 aromatic rings. The number of aromatic amines is 1. The molecule has 2 rings (SSSR count). The van der Waals surface area contributed by atoms with Gasteiger partial charge in [-0.2, -0.15) is 4.98 Å². The molecule has 0 aliphatic carbocycles. The van der Waals surface area contributed by atoms with Gasteiger partial charge in [0.15, 0.2) is 0 Å². The maximum atomic E-state index is 12.0. The molecule has 0 atom stereocenters. The molecule has 0 spiro atoms. The fourth-order valence-corrected chi connectivity index (χ4v) is 2.17. The Kier molecular flexibility index (Phi) is 3.92. The lowest BCUT2D eigenvalue weighted by Crippen LogP contribution is -2.27. The fourth-order valence-electron chi connectivity index (χ4n) is 1.60. The third-order valence-corrected chi connectivity index (χ3v) is 2.83. The maximum Gasteiger partial charge on any atom is 0.291 e. The van der Waals surface area contributed by atoms with Crippen LogP contribution in [0.5, 0.6) is 0 Å². The van der Waals surface area contributed by atoms with E-state index >= 15 is 0 Å². The molecule has 0 unspecified atom stereocenters. The number of nitrogens with two attached hydrogens (primary N) is 1. The summed E-state index contributed by atoms with van der Waals surface area (Å²) in [5.74, 6) is -0.198. The number of aromatic nitrogens is 3. The Morgan fingerprint density at radius 1 is 1.37 bits per heavy atom. The third-order valence-electron chi connectivity index (χ3n) is 2.39. The minimum absolute atomic E-state index is 0.0301. The molecular weight excluding hydrogens is 289 g/mol. The van der Waals surface area contributed by atoms with Crippen molar-refractivity contribution in [1.82, 2.24) is 20.1 Å². The molecule has 19 heavy (non-hydrogen) atoms. The van der Waals surface area contributed by atoms with E-state index in [1.54, 1.807) is 25.2 Å². The molecule has 8 heteroatoms. The van der Waals surface area contributed by atoms with Gasteiger partial charge >= 0.3 is 0 Å². The average Bonchev–Trinajstić information content (AvgIpc) is 2.73. The lowest BCUT2D eigenvalue weighted by atomic mass is 10.2. The van der Waals surface area contributed by atoms with Gasteiger partial charge in [-0.1, -0.05) is 23.2 Å². The number of carbonyl (C=O) groups excluding carboxylic acids is 1. The van der Waals surface area contributed by atoms with Gasteiger partial charge in [0.2, 0.25) is 11.8 Å². The molecule has 0 saturated carbocycles. The predicted octanol–water partition coefficient (Wildman–Crippen LogP) is 1.97. The Hall–Kier alpha value is -1.79. The number of hydrogen-bond donors (Lipinski definition) is 2. The highest BCUT2D eigenvalue weighted by molar-refractivity contribution is 6.34. The largest absolute Gasteiger partial charge is 0.366 e. The standard InChI is InChI=1S/C11H11Cl2N5O/c1-18(10(19)9-15-11(14)17-16-9)5-6-2-7(12)4-8(13)3-6/h2-4H,5H2,1H3,(H3,14,15,16,17). The number of H-pyrrole nitrogens is 1. The summed E-state index contributed by atoms with van der Waals surface area (Å²) in [6.07, 6.45) is 0. The normalized spacial score (nSPS) is 10.5. The molecule has 0 fully saturated rings. The number of carbonyl (C=O) groups is 1. The van der Waals surface area contributed by atoms with Crippen LogP contribution in [-0.2, 0) is 6.54 Å². The summed E-state index contributed by atoms with van der Waals surface area (Å²) >= 11 is 11.8. The molecule has 1 amide bonds. The Bertz CT molecular complexity index is 593. The quantitative estimate of drug-likeness (QED) is 0.907. The molecule has 1 heterocycles. The van der Waals surface area contributed by atoms with E-state index in [4.69, 9.17) is 28.9 Å². The Labute approximate surface area is 119 Å². The van der Waals surface area contributed by atoms with Crippen molar-refractivity contribution in [2.75, 3.05) is 12.8 Å². The first-order valence-electron chi connectivity index (χ1n) is 5.34. The molecular formula is C11H11Cl2N5O. The lowest BCUT2D eigenvalue weighted by molar-refractivity contribution is 0.0773. The van der Waals surface area contributed by atoms with Crippen LogP contribution in [0.15, 0.2) is 18.2 Å². The number of benzene rings is 1. The zero-order valence-corrected chi connectivity index (χ0v) is 11.5. The molecule has 0 saturated heterocycles. The third kappa shape index (κ3) is 3.36. The van der Waals surface area contributed by atoms with E-state index in [9.17, 15) is 4.79 Å². The van der Waals surface area contributed by atoms with Crippen LogP contribution in [0.1, 0.15) is 16.2 Å². The summed E-state index contributed by atoms with van der Waals surface area (Å²) in [6, 6.07) is 5.11. The Balaban J connectivity index is 2.12. The molecule has 0 radical (unpaired) electrons. The van der Waals surface area contributed by atoms with Crippen LogP contribution in [0.25, 0.3) is 0 Å². The van der Waals surface area contributed by atoms with E-state index in [0.29, 0.717) is 16.6 Å². The molecule has 100 valence electrons. The van der Waals surface area contributed by atoms with E-state index in [1.165, 1.54) is 4.90 Å². The second-order valence-corrected chi connectivity index (χ2v) is 4.85. The molecule has 0 aliphatic rings. The van der Waals surface area contributed by atoms with Crippen LogP contribution in [-0.4, -0.2) is 33.0 Å². The van der Waals surface area contributed by atoms with E-state index < -0.39 is 0 Å². The summed E-state index contributed by atoms with van der Waals surface area (Å²) in [4.78, 5) is 17.2. The number of hydrogen-bond acceptors (Lipinski definition) is 4. The van der Waals surface area contributed by atoms with Crippen LogP contribution in [0.4, 0.5) is 5.95 Å². The van der Waals surface area contributed by atoms with Crippen LogP contribution in [0.2, 0.25) is 10.0 Å². The average molecular weight is 300 g/mol. The highest BCUT2D eigenvalue weighted by atomic mass is 35.5. The first kappa shape index (κ1) is 13.6. The molecule has 0 aliphatic heterocycles. The second kappa shape index (κ2) is 5.46. The van der Waals surface area contributed by atoms with Gasteiger partial charge in [-0.25, -0.2) is 0 Å². The Morgan fingerprint density at radius 2 is 2.00 bits per heavy atom. The van der Waals surface area contributed by atoms with Crippen molar-refractivity contribution >= 4 is 35.1 Å². The number of halogens is 2. The SMILES string of the molecule is CN(Cc1cc(Cl)cc(Cl)c1)C(=O)c1nc(N)n[nH]1. The predicted molar refractivity (Wildman–Crippen MR) is 73.1 cm³/mol. The highest BCUT2D eigenvalue weighted by Gasteiger charge is 2.16. The first-order valence-corrected chi connectivity index (χ1v) is 6.09. The summed E-state index contributed by atoms with van der Waals surface area (Å²) in [5, 5.41) is 7.11. The molecule has 0 bridgehead atoms. The highest BCUT2D eigenvalue weighted by Crippen LogP contribution is 2.20. The minimum atomic E-state index is -0.319. The van der Waals surface area contributed by atoms with Crippen molar-refractivity contribution in [2.24, 2.45) is 0 Å². The number of rotatable bonds is 3. The van der Waals surface area contributed by atoms with Gasteiger partial charge in [0.05, 0.1) is 0 Å². The number of amides is 1. The van der Waals surface area contributed by atoms with Crippen LogP contribution >= 0.6 is 23.2 Å². The first-order chi connectivity index (χ1) is 8.95. The minimum Gasteiger partial charge on any atom is -0.366 e. The van der Waals surface area contributed by atoms with Gasteiger partial charge in [0.1, 0.15) is 0 Å². The number of nitrogens with one attached hydrogen (secondary N) is 1. The number of anilines is 1. The van der Waals surface area contributed by atoms with Gasteiger partial charge in [-0.15, -0.1) is 5.10 Å². The second-order valence-electron chi connectivity index (χ2n) is 3.98. The fraction of sp³-hybridized carbons (Fsp3) is 0.182. The summed E-state index contributed by atoms with van der Waals surface area (Å²) < 4.78 is 0. The van der Waals surface area contributed by atoms with Crippen LogP contribution in [0, 0.1) is 0 Å². The number of nitrogens with zero attached hydrogens (tertiary/aromatic N) is 3. The van der Waals surface area contributed by atoms with E-state index in [1.807, 2.05) is 0 Å². The molecule has 1 aromatic heterocycles. The van der Waals surface area contributed by atoms with E-state index in [-0.39, 0.29) is 17.7 Å². The van der Waals surface area contributed by atoms with Gasteiger partial charge in [0.25, 0.3) is 5.91 Å². The van der Waals surface area contributed by atoms with E-state index in [2.05, 4.69) is 15.2 Å². The zero-order chi connectivity index (χ0) is 14.0. The maximum absolute atomic E-state index is 12.0. The van der Waals surface area contributed by atoms with Gasteiger partial charge < -0.3 is 10.6 Å². The summed E-state index contributed by atoms with van der Waals surface area (Å²) in [7, 11) is 1.63. The van der Waals surface area contributed by atoms with Gasteiger partial charge in [0, 0.05) is 23.6 Å². The van der Waals surface area contributed by atoms with Crippen molar-refractivity contribution in [2.45, 2.75) is 6.54 Å². The van der Waals surface area contributed by atoms with Crippen molar-refractivity contribution in [3.05, 3.63) is 39.6 Å². The van der Waals surface area contributed by atoms with Gasteiger partial charge in [-0.05, 0) is 23.8 Å². The van der Waals surface area contributed by atoms with E-state index in [0.717, 1.165) is 5.56 Å². The monoisotopic (exact) mass is 299 g/mol. The zero-order valence-electron chi connectivity index (χ0n) is 10.0. The van der Waals surface area contributed by atoms with Gasteiger partial charge in [-0.3, -0.25) is 9.89 Å². The molecule has 1 aromatic carbocycles. The summed E-state index contributed by atoms with van der Waals surface area (Å²) in [6.45, 7) is 0.347. The van der Waals surface area contributed by atoms with Crippen molar-refractivity contribution in [3.8, 4) is 0 Å². The topological polar surface area (TPSA) is 87.9 Å². The Morgan fingerprint density at radius 3 is 2.53 bits per heavy atom. The molecule has 3 N–H and O–H groups in total. The van der Waals surface area contributed by atoms with Crippen molar-refractivity contribution < 1.29 is 4.79 Å². The van der Waals surface area contributed by atoms with Crippen LogP contribution in [0.3, 0.4) is 0 Å². The summed E-state index contributed by atoms with van der Waals surface area (Å²) in [5.41, 5.74) is 6.17. The molecule has 6 nitrogen and oxygen atoms in total. The smallest absolute Gasteiger partial charge is 0.291 e. The number of nitrogen functional groups attached to an aromatic ring is 1. The van der Waals surface area contributed by atoms with Crippen molar-refractivity contribution in [1.29, 1.82) is 0 Å².